The molecule has 0 aromatic heterocycles. The zero-order valence-corrected chi connectivity index (χ0v) is 12.2. The lowest BCUT2D eigenvalue weighted by Gasteiger charge is -2.61. The molecule has 1 N–H and O–H groups in total. The Labute approximate surface area is 121 Å². The van der Waals surface area contributed by atoms with Gasteiger partial charge >= 0.3 is 0 Å². The Morgan fingerprint density at radius 3 is 2.55 bits per heavy atom. The van der Waals surface area contributed by atoms with Crippen LogP contribution >= 0.6 is 0 Å². The van der Waals surface area contributed by atoms with E-state index in [0.717, 1.165) is 12.8 Å². The zero-order chi connectivity index (χ0) is 13.7. The lowest BCUT2D eigenvalue weighted by atomic mass is 9.65. The highest BCUT2D eigenvalue weighted by Crippen LogP contribution is 2.47. The van der Waals surface area contributed by atoms with Gasteiger partial charge in [0.05, 0.1) is 12.6 Å². The van der Waals surface area contributed by atoms with Crippen LogP contribution in [0.25, 0.3) is 0 Å². The van der Waals surface area contributed by atoms with Crippen LogP contribution in [0, 0.1) is 11.8 Å². The van der Waals surface area contributed by atoms with Crippen LogP contribution in [0.3, 0.4) is 0 Å². The minimum Gasteiger partial charge on any atom is -0.394 e. The highest BCUT2D eigenvalue weighted by atomic mass is 16.3. The van der Waals surface area contributed by atoms with E-state index in [1.165, 1.54) is 38.8 Å². The van der Waals surface area contributed by atoms with E-state index < -0.39 is 0 Å². The third kappa shape index (κ3) is 1.77. The number of piperidine rings is 4. The molecule has 5 atom stereocenters. The molecule has 0 aliphatic carbocycles. The molecular weight excluding hydrogens is 252 g/mol. The summed E-state index contributed by atoms with van der Waals surface area (Å²) < 4.78 is 0. The SMILES string of the molecule is O=C1CCCC2C3CCCN4CCCC(C34)C(CO)N12. The maximum atomic E-state index is 12.4. The van der Waals surface area contributed by atoms with Crippen molar-refractivity contribution in [3.63, 3.8) is 0 Å². The summed E-state index contributed by atoms with van der Waals surface area (Å²) in [5.74, 6) is 1.49. The molecule has 0 bridgehead atoms. The molecule has 0 aromatic carbocycles. The largest absolute Gasteiger partial charge is 0.394 e. The summed E-state index contributed by atoms with van der Waals surface area (Å²) in [7, 11) is 0. The Balaban J connectivity index is 1.72. The fraction of sp³-hybridized carbons (Fsp3) is 0.938. The normalized spacial score (nSPS) is 45.0. The summed E-state index contributed by atoms with van der Waals surface area (Å²) in [5, 5.41) is 9.94. The van der Waals surface area contributed by atoms with E-state index in [0.29, 0.717) is 36.2 Å². The van der Waals surface area contributed by atoms with Gasteiger partial charge in [-0.1, -0.05) is 0 Å². The Morgan fingerprint density at radius 1 is 1.05 bits per heavy atom. The molecule has 0 radical (unpaired) electrons. The Kier molecular flexibility index (Phi) is 3.26. The smallest absolute Gasteiger partial charge is 0.223 e. The molecule has 112 valence electrons. The molecule has 4 nitrogen and oxygen atoms in total. The summed E-state index contributed by atoms with van der Waals surface area (Å²) in [6.07, 6.45) is 7.90. The van der Waals surface area contributed by atoms with Crippen molar-refractivity contribution in [2.24, 2.45) is 11.8 Å². The van der Waals surface area contributed by atoms with Crippen molar-refractivity contribution in [2.75, 3.05) is 19.7 Å². The van der Waals surface area contributed by atoms with Crippen LogP contribution in [0.1, 0.15) is 44.9 Å². The summed E-state index contributed by atoms with van der Waals surface area (Å²) in [6.45, 7) is 2.62. The van der Waals surface area contributed by atoms with Crippen LogP contribution in [-0.4, -0.2) is 58.6 Å². The van der Waals surface area contributed by atoms with Crippen LogP contribution in [0.4, 0.5) is 0 Å². The third-order valence-corrected chi connectivity index (χ3v) is 6.33. The van der Waals surface area contributed by atoms with Gasteiger partial charge in [0.1, 0.15) is 0 Å². The predicted molar refractivity (Wildman–Crippen MR) is 76.2 cm³/mol. The molecule has 1 amide bonds. The molecule has 0 spiro atoms. The van der Waals surface area contributed by atoms with Gasteiger partial charge in [-0.15, -0.1) is 0 Å². The molecule has 20 heavy (non-hydrogen) atoms. The first-order valence-electron chi connectivity index (χ1n) is 8.47. The highest BCUT2D eigenvalue weighted by Gasteiger charge is 2.54. The van der Waals surface area contributed by atoms with Crippen molar-refractivity contribution >= 4 is 5.91 Å². The second-order valence-electron chi connectivity index (χ2n) is 7.15. The van der Waals surface area contributed by atoms with Crippen molar-refractivity contribution in [1.29, 1.82) is 0 Å². The second kappa shape index (κ2) is 4.99. The molecule has 4 aliphatic heterocycles. The van der Waals surface area contributed by atoms with Gasteiger partial charge in [0.15, 0.2) is 0 Å². The van der Waals surface area contributed by atoms with Crippen LogP contribution in [0.2, 0.25) is 0 Å². The molecule has 4 heterocycles. The average molecular weight is 278 g/mol. The van der Waals surface area contributed by atoms with Gasteiger partial charge in [-0.25, -0.2) is 0 Å². The minimum atomic E-state index is 0.0925. The van der Waals surface area contributed by atoms with Crippen molar-refractivity contribution in [2.45, 2.75) is 63.1 Å². The molecule has 0 aromatic rings. The first-order valence-corrected chi connectivity index (χ1v) is 8.47. The summed E-state index contributed by atoms with van der Waals surface area (Å²) in [5.41, 5.74) is 0. The molecule has 4 aliphatic rings. The van der Waals surface area contributed by atoms with E-state index in [1.807, 2.05) is 0 Å². The van der Waals surface area contributed by atoms with E-state index in [4.69, 9.17) is 0 Å². The third-order valence-electron chi connectivity index (χ3n) is 6.33. The average Bonchev–Trinajstić information content (AvgIpc) is 2.49. The van der Waals surface area contributed by atoms with E-state index in [2.05, 4.69) is 9.80 Å². The quantitative estimate of drug-likeness (QED) is 0.784. The van der Waals surface area contributed by atoms with E-state index in [9.17, 15) is 9.90 Å². The van der Waals surface area contributed by atoms with Crippen molar-refractivity contribution in [3.8, 4) is 0 Å². The number of amides is 1. The Bertz CT molecular complexity index is 380. The zero-order valence-electron chi connectivity index (χ0n) is 12.2. The van der Waals surface area contributed by atoms with Crippen molar-refractivity contribution in [1.82, 2.24) is 9.80 Å². The molecule has 4 rings (SSSR count). The summed E-state index contributed by atoms with van der Waals surface area (Å²) >= 11 is 0. The van der Waals surface area contributed by atoms with E-state index >= 15 is 0 Å². The molecule has 5 unspecified atom stereocenters. The number of aliphatic hydroxyl groups excluding tert-OH is 1. The molecule has 4 heteroatoms. The molecule has 4 saturated heterocycles. The van der Waals surface area contributed by atoms with Gasteiger partial charge in [-0.3, -0.25) is 9.69 Å². The fourth-order valence-electron chi connectivity index (χ4n) is 5.71. The number of hydrogen-bond donors (Lipinski definition) is 1. The fourth-order valence-corrected chi connectivity index (χ4v) is 5.71. The number of hydrogen-bond acceptors (Lipinski definition) is 3. The Morgan fingerprint density at radius 2 is 1.80 bits per heavy atom. The highest BCUT2D eigenvalue weighted by molar-refractivity contribution is 5.78. The summed E-state index contributed by atoms with van der Waals surface area (Å²) in [6, 6.07) is 1.15. The molecule has 4 fully saturated rings. The monoisotopic (exact) mass is 278 g/mol. The summed E-state index contributed by atoms with van der Waals surface area (Å²) in [4.78, 5) is 17.2. The van der Waals surface area contributed by atoms with E-state index in [-0.39, 0.29) is 12.6 Å². The maximum Gasteiger partial charge on any atom is 0.223 e. The standard InChI is InChI=1S/C16H26N2O2/c19-10-14-12-5-3-9-17-8-2-4-11(16(12)17)13-6-1-7-15(20)18(13)14/h11-14,16,19H,1-10H2. The lowest BCUT2D eigenvalue weighted by Crippen LogP contribution is -2.70. The van der Waals surface area contributed by atoms with Crippen LogP contribution in [-0.2, 0) is 4.79 Å². The van der Waals surface area contributed by atoms with Crippen molar-refractivity contribution < 1.29 is 9.90 Å². The van der Waals surface area contributed by atoms with Gasteiger partial charge in [-0.05, 0) is 63.5 Å². The second-order valence-corrected chi connectivity index (χ2v) is 7.15. The van der Waals surface area contributed by atoms with Gasteiger partial charge in [0.25, 0.3) is 0 Å². The van der Waals surface area contributed by atoms with Gasteiger partial charge in [0, 0.05) is 18.5 Å². The predicted octanol–water partition coefficient (Wildman–Crippen LogP) is 1.23. The van der Waals surface area contributed by atoms with Gasteiger partial charge in [-0.2, -0.15) is 0 Å². The molecule has 0 saturated carbocycles. The lowest BCUT2D eigenvalue weighted by molar-refractivity contribution is -0.165. The van der Waals surface area contributed by atoms with Gasteiger partial charge < -0.3 is 10.0 Å². The van der Waals surface area contributed by atoms with Crippen molar-refractivity contribution in [3.05, 3.63) is 0 Å². The molecular formula is C16H26N2O2. The van der Waals surface area contributed by atoms with Gasteiger partial charge in [0.2, 0.25) is 5.91 Å². The number of carbonyl (C=O) groups is 1. The number of rotatable bonds is 1. The van der Waals surface area contributed by atoms with Crippen LogP contribution < -0.4 is 0 Å². The first-order chi connectivity index (χ1) is 9.81. The van der Waals surface area contributed by atoms with E-state index in [1.54, 1.807) is 0 Å². The van der Waals surface area contributed by atoms with Crippen LogP contribution in [0.5, 0.6) is 0 Å². The maximum absolute atomic E-state index is 12.4. The number of aliphatic hydroxyl groups is 1. The topological polar surface area (TPSA) is 43.8 Å². The minimum absolute atomic E-state index is 0.0925. The number of fused-ring (bicyclic) bond motifs is 2. The number of carbonyl (C=O) groups excluding carboxylic acids is 1. The Hall–Kier alpha value is -0.610. The number of nitrogens with zero attached hydrogens (tertiary/aromatic N) is 2. The first kappa shape index (κ1) is 13.1. The van der Waals surface area contributed by atoms with Crippen LogP contribution in [0.15, 0.2) is 0 Å².